The fraction of sp³-hybridized carbons (Fsp3) is 0.526. The van der Waals surface area contributed by atoms with Gasteiger partial charge in [-0.05, 0) is 12.0 Å². The summed E-state index contributed by atoms with van der Waals surface area (Å²) in [5.41, 5.74) is 1.26. The average molecular weight is 344 g/mol. The third-order valence-corrected chi connectivity index (χ3v) is 4.67. The Labute approximate surface area is 149 Å². The van der Waals surface area contributed by atoms with Crippen LogP contribution in [0.5, 0.6) is 0 Å². The SMILES string of the molecule is OCCCN1CCN(Cc2nccn2Cc2ccccc2)C[C@H](O)C1. The second-order valence-corrected chi connectivity index (χ2v) is 6.72. The molecule has 3 rings (SSSR count). The van der Waals surface area contributed by atoms with Crippen molar-refractivity contribution < 1.29 is 10.2 Å². The largest absolute Gasteiger partial charge is 0.396 e. The molecule has 1 aliphatic rings. The van der Waals surface area contributed by atoms with Crippen LogP contribution in [0, 0.1) is 0 Å². The molecule has 2 N–H and O–H groups in total. The van der Waals surface area contributed by atoms with Crippen molar-refractivity contribution in [2.75, 3.05) is 39.3 Å². The van der Waals surface area contributed by atoms with Crippen LogP contribution < -0.4 is 0 Å². The van der Waals surface area contributed by atoms with Crippen molar-refractivity contribution in [3.63, 3.8) is 0 Å². The fourth-order valence-electron chi connectivity index (χ4n) is 3.38. The summed E-state index contributed by atoms with van der Waals surface area (Å²) in [6.45, 7) is 5.75. The molecule has 0 bridgehead atoms. The highest BCUT2D eigenvalue weighted by atomic mass is 16.3. The lowest BCUT2D eigenvalue weighted by molar-refractivity contribution is 0.104. The van der Waals surface area contributed by atoms with E-state index in [1.54, 1.807) is 0 Å². The van der Waals surface area contributed by atoms with Gasteiger partial charge in [-0.1, -0.05) is 30.3 Å². The highest BCUT2D eigenvalue weighted by Gasteiger charge is 2.22. The maximum Gasteiger partial charge on any atom is 0.123 e. The van der Waals surface area contributed by atoms with Gasteiger partial charge in [-0.15, -0.1) is 0 Å². The zero-order chi connectivity index (χ0) is 17.5. The lowest BCUT2D eigenvalue weighted by Crippen LogP contribution is -2.34. The van der Waals surface area contributed by atoms with Gasteiger partial charge in [-0.25, -0.2) is 4.98 Å². The van der Waals surface area contributed by atoms with Crippen LogP contribution in [-0.2, 0) is 13.1 Å². The van der Waals surface area contributed by atoms with E-state index in [0.29, 0.717) is 13.1 Å². The molecular formula is C19H28N4O2. The maximum atomic E-state index is 10.3. The number of aromatic nitrogens is 2. The number of aliphatic hydroxyl groups excluding tert-OH is 2. The Morgan fingerprint density at radius 3 is 2.60 bits per heavy atom. The summed E-state index contributed by atoms with van der Waals surface area (Å²) in [7, 11) is 0. The molecule has 1 aliphatic heterocycles. The van der Waals surface area contributed by atoms with E-state index < -0.39 is 0 Å². The van der Waals surface area contributed by atoms with Crippen molar-refractivity contribution in [2.45, 2.75) is 25.6 Å². The molecule has 25 heavy (non-hydrogen) atoms. The zero-order valence-corrected chi connectivity index (χ0v) is 14.7. The smallest absolute Gasteiger partial charge is 0.123 e. The van der Waals surface area contributed by atoms with Crippen LogP contribution >= 0.6 is 0 Å². The first-order valence-corrected chi connectivity index (χ1v) is 9.02. The summed E-state index contributed by atoms with van der Waals surface area (Å²) in [4.78, 5) is 9.03. The Morgan fingerprint density at radius 1 is 1.04 bits per heavy atom. The third-order valence-electron chi connectivity index (χ3n) is 4.67. The van der Waals surface area contributed by atoms with E-state index in [2.05, 4.69) is 43.6 Å². The molecule has 2 aromatic rings. The van der Waals surface area contributed by atoms with E-state index in [-0.39, 0.29) is 12.7 Å². The van der Waals surface area contributed by atoms with Crippen molar-refractivity contribution in [1.29, 1.82) is 0 Å². The predicted molar refractivity (Wildman–Crippen MR) is 97.2 cm³/mol. The van der Waals surface area contributed by atoms with Crippen LogP contribution in [0.4, 0.5) is 0 Å². The standard InChI is InChI=1S/C19H28N4O2/c24-12-4-8-21-10-11-22(15-18(25)14-21)16-19-20-7-9-23(19)13-17-5-2-1-3-6-17/h1-3,5-7,9,18,24-25H,4,8,10-16H2/t18-/m1/s1. The Kier molecular flexibility index (Phi) is 6.58. The first-order chi connectivity index (χ1) is 12.2. The molecule has 0 radical (unpaired) electrons. The number of hydrogen-bond acceptors (Lipinski definition) is 5. The van der Waals surface area contributed by atoms with Crippen LogP contribution in [0.3, 0.4) is 0 Å². The fourth-order valence-corrected chi connectivity index (χ4v) is 3.38. The molecule has 2 heterocycles. The Morgan fingerprint density at radius 2 is 1.80 bits per heavy atom. The second kappa shape index (κ2) is 9.10. The first-order valence-electron chi connectivity index (χ1n) is 9.02. The molecule has 0 unspecified atom stereocenters. The molecule has 0 aliphatic carbocycles. The molecule has 1 atom stereocenters. The molecule has 0 amide bonds. The molecule has 136 valence electrons. The minimum absolute atomic E-state index is 0.202. The quantitative estimate of drug-likeness (QED) is 0.778. The monoisotopic (exact) mass is 344 g/mol. The van der Waals surface area contributed by atoms with Gasteiger partial charge in [0.25, 0.3) is 0 Å². The van der Waals surface area contributed by atoms with E-state index in [1.165, 1.54) is 5.56 Å². The molecule has 6 nitrogen and oxygen atoms in total. The number of β-amino-alcohol motifs (C(OH)–C–C–N with tert-alkyl or cyclic N) is 1. The van der Waals surface area contributed by atoms with Crippen LogP contribution in [0.25, 0.3) is 0 Å². The van der Waals surface area contributed by atoms with E-state index in [9.17, 15) is 5.11 Å². The van der Waals surface area contributed by atoms with Crippen molar-refractivity contribution >= 4 is 0 Å². The van der Waals surface area contributed by atoms with Crippen molar-refractivity contribution in [3.8, 4) is 0 Å². The molecule has 6 heteroatoms. The van der Waals surface area contributed by atoms with Gasteiger partial charge in [-0.3, -0.25) is 9.80 Å². The molecule has 0 spiro atoms. The van der Waals surface area contributed by atoms with Crippen LogP contribution in [-0.4, -0.2) is 75.0 Å². The van der Waals surface area contributed by atoms with Gasteiger partial charge < -0.3 is 14.8 Å². The van der Waals surface area contributed by atoms with Gasteiger partial charge in [0.2, 0.25) is 0 Å². The van der Waals surface area contributed by atoms with E-state index in [4.69, 9.17) is 5.11 Å². The molecule has 1 fully saturated rings. The van der Waals surface area contributed by atoms with Crippen molar-refractivity contribution in [1.82, 2.24) is 19.4 Å². The maximum absolute atomic E-state index is 10.3. The molecule has 1 saturated heterocycles. The summed E-state index contributed by atoms with van der Waals surface area (Å²) >= 11 is 0. The Hall–Kier alpha value is -1.73. The molecular weight excluding hydrogens is 316 g/mol. The topological polar surface area (TPSA) is 64.8 Å². The van der Waals surface area contributed by atoms with Gasteiger partial charge >= 0.3 is 0 Å². The summed E-state index contributed by atoms with van der Waals surface area (Å²) in [5.74, 6) is 1.03. The number of nitrogens with zero attached hydrogens (tertiary/aromatic N) is 4. The Bertz CT molecular complexity index is 631. The third kappa shape index (κ3) is 5.37. The van der Waals surface area contributed by atoms with Crippen molar-refractivity contribution in [2.24, 2.45) is 0 Å². The zero-order valence-electron chi connectivity index (χ0n) is 14.7. The van der Waals surface area contributed by atoms with Gasteiger partial charge in [0, 0.05) is 58.3 Å². The van der Waals surface area contributed by atoms with Crippen LogP contribution in [0.1, 0.15) is 17.8 Å². The summed E-state index contributed by atoms with van der Waals surface area (Å²) in [5, 5.41) is 19.3. The highest BCUT2D eigenvalue weighted by molar-refractivity contribution is 5.15. The predicted octanol–water partition coefficient (Wildman–Crippen LogP) is 0.792. The van der Waals surface area contributed by atoms with Crippen LogP contribution in [0.15, 0.2) is 42.7 Å². The number of benzene rings is 1. The second-order valence-electron chi connectivity index (χ2n) is 6.72. The first kappa shape index (κ1) is 18.1. The van der Waals surface area contributed by atoms with Gasteiger partial charge in [0.15, 0.2) is 0 Å². The Balaban J connectivity index is 1.60. The molecule has 0 saturated carbocycles. The number of imidazole rings is 1. The van der Waals surface area contributed by atoms with Gasteiger partial charge in [-0.2, -0.15) is 0 Å². The van der Waals surface area contributed by atoms with Gasteiger partial charge in [0.05, 0.1) is 12.6 Å². The van der Waals surface area contributed by atoms with Crippen molar-refractivity contribution in [3.05, 3.63) is 54.1 Å². The lowest BCUT2D eigenvalue weighted by Gasteiger charge is -2.21. The van der Waals surface area contributed by atoms with Crippen LogP contribution in [0.2, 0.25) is 0 Å². The molecule has 1 aromatic heterocycles. The normalized spacial score (nSPS) is 19.8. The minimum atomic E-state index is -0.362. The number of aliphatic hydroxyl groups is 2. The van der Waals surface area contributed by atoms with E-state index in [0.717, 1.165) is 45.0 Å². The van der Waals surface area contributed by atoms with Gasteiger partial charge in [0.1, 0.15) is 5.82 Å². The van der Waals surface area contributed by atoms with E-state index in [1.807, 2.05) is 18.5 Å². The average Bonchev–Trinajstić information content (AvgIpc) is 2.95. The van der Waals surface area contributed by atoms with E-state index >= 15 is 0 Å². The highest BCUT2D eigenvalue weighted by Crippen LogP contribution is 2.11. The summed E-state index contributed by atoms with van der Waals surface area (Å²) < 4.78 is 2.18. The molecule has 1 aromatic carbocycles. The number of rotatable bonds is 7. The minimum Gasteiger partial charge on any atom is -0.396 e. The number of hydrogen-bond donors (Lipinski definition) is 2. The lowest BCUT2D eigenvalue weighted by atomic mass is 10.2. The summed E-state index contributed by atoms with van der Waals surface area (Å²) in [6.07, 6.45) is 4.26. The summed E-state index contributed by atoms with van der Waals surface area (Å²) in [6, 6.07) is 10.4.